The molecular weight excluding hydrogens is 228 g/mol. The van der Waals surface area contributed by atoms with Gasteiger partial charge in [0.1, 0.15) is 0 Å². The van der Waals surface area contributed by atoms with E-state index in [2.05, 4.69) is 66.7 Å². The molecule has 0 bridgehead atoms. The summed E-state index contributed by atoms with van der Waals surface area (Å²) in [6, 6.07) is 30.5. The summed E-state index contributed by atoms with van der Waals surface area (Å²) in [6.07, 6.45) is 0.988. The fourth-order valence-corrected chi connectivity index (χ4v) is 2.22. The van der Waals surface area contributed by atoms with Gasteiger partial charge in [0.2, 0.25) is 0 Å². The number of benzene rings is 3. The van der Waals surface area contributed by atoms with Gasteiger partial charge in [-0.3, -0.25) is 0 Å². The van der Waals surface area contributed by atoms with Crippen molar-refractivity contribution in [1.82, 2.24) is 0 Å². The topological polar surface area (TPSA) is 0 Å². The van der Waals surface area contributed by atoms with Gasteiger partial charge in [-0.1, -0.05) is 72.8 Å². The van der Waals surface area contributed by atoms with Crippen LogP contribution in [0.4, 0.5) is 0 Å². The van der Waals surface area contributed by atoms with Crippen molar-refractivity contribution in [3.05, 3.63) is 96.1 Å². The normalized spacial score (nSPS) is 10.3. The smallest absolute Gasteiger partial charge is 0.00258 e. The fourth-order valence-electron chi connectivity index (χ4n) is 2.22. The van der Waals surface area contributed by atoms with E-state index >= 15 is 0 Å². The van der Waals surface area contributed by atoms with Crippen molar-refractivity contribution in [2.75, 3.05) is 0 Å². The average Bonchev–Trinajstić information content (AvgIpc) is 2.50. The van der Waals surface area contributed by atoms with Crippen molar-refractivity contribution in [2.45, 2.75) is 6.42 Å². The summed E-state index contributed by atoms with van der Waals surface area (Å²) in [4.78, 5) is 0. The summed E-state index contributed by atoms with van der Waals surface area (Å²) in [6.45, 7) is 0. The lowest BCUT2D eigenvalue weighted by Crippen LogP contribution is -1.87. The zero-order valence-electron chi connectivity index (χ0n) is 10.7. The molecule has 0 aliphatic rings. The number of hydrogen-bond acceptors (Lipinski definition) is 0. The molecule has 0 fully saturated rings. The second-order valence-electron chi connectivity index (χ2n) is 4.65. The van der Waals surface area contributed by atoms with Gasteiger partial charge in [0, 0.05) is 0 Å². The molecule has 3 aromatic carbocycles. The van der Waals surface area contributed by atoms with E-state index in [1.165, 1.54) is 22.3 Å². The van der Waals surface area contributed by atoms with Crippen LogP contribution in [0.5, 0.6) is 0 Å². The molecule has 0 heteroatoms. The van der Waals surface area contributed by atoms with E-state index in [9.17, 15) is 0 Å². The standard InChI is InChI=1S/C19H15/c1-3-7-16(8-4-1)15-17-11-13-19(14-12-17)18-9-5-2-6-10-18/h1-5,7-14H,15H2. The van der Waals surface area contributed by atoms with Crippen molar-refractivity contribution in [3.8, 4) is 11.1 Å². The van der Waals surface area contributed by atoms with Crippen molar-refractivity contribution >= 4 is 0 Å². The molecule has 0 nitrogen and oxygen atoms in total. The van der Waals surface area contributed by atoms with E-state index in [1.807, 2.05) is 18.2 Å². The average molecular weight is 243 g/mol. The summed E-state index contributed by atoms with van der Waals surface area (Å²) in [7, 11) is 0. The van der Waals surface area contributed by atoms with E-state index in [0.29, 0.717) is 0 Å². The minimum Gasteiger partial charge on any atom is -0.0622 e. The third-order valence-electron chi connectivity index (χ3n) is 3.25. The Morgan fingerprint density at radius 3 is 2.05 bits per heavy atom. The minimum absolute atomic E-state index is 0.988. The third-order valence-corrected chi connectivity index (χ3v) is 3.25. The minimum atomic E-state index is 0.988. The fraction of sp³-hybridized carbons (Fsp3) is 0.0526. The molecule has 0 atom stereocenters. The summed E-state index contributed by atoms with van der Waals surface area (Å²) in [5, 5.41) is 0. The maximum atomic E-state index is 3.11. The Morgan fingerprint density at radius 1 is 0.632 bits per heavy atom. The quantitative estimate of drug-likeness (QED) is 0.623. The van der Waals surface area contributed by atoms with Gasteiger partial charge in [-0.25, -0.2) is 0 Å². The largest absolute Gasteiger partial charge is 0.0622 e. The second-order valence-corrected chi connectivity index (χ2v) is 4.65. The Morgan fingerprint density at radius 2 is 1.37 bits per heavy atom. The predicted molar refractivity (Wildman–Crippen MR) is 80.0 cm³/mol. The molecule has 19 heavy (non-hydrogen) atoms. The maximum absolute atomic E-state index is 3.11. The monoisotopic (exact) mass is 243 g/mol. The zero-order valence-corrected chi connectivity index (χ0v) is 10.7. The molecule has 1 radical (unpaired) electrons. The summed E-state index contributed by atoms with van der Waals surface area (Å²) < 4.78 is 0. The first kappa shape index (κ1) is 11.7. The van der Waals surface area contributed by atoms with Crippen LogP contribution < -0.4 is 0 Å². The van der Waals surface area contributed by atoms with E-state index in [1.54, 1.807) is 0 Å². The van der Waals surface area contributed by atoms with Gasteiger partial charge < -0.3 is 0 Å². The van der Waals surface area contributed by atoms with Crippen LogP contribution in [0.25, 0.3) is 11.1 Å². The molecule has 91 valence electrons. The lowest BCUT2D eigenvalue weighted by atomic mass is 10.0. The second kappa shape index (κ2) is 5.53. The van der Waals surface area contributed by atoms with Gasteiger partial charge in [-0.2, -0.15) is 0 Å². The molecule has 0 aromatic heterocycles. The summed E-state index contributed by atoms with van der Waals surface area (Å²) in [5.41, 5.74) is 5.15. The third kappa shape index (κ3) is 2.92. The Labute approximate surface area is 114 Å². The molecule has 0 N–H and O–H groups in total. The molecule has 3 aromatic rings. The van der Waals surface area contributed by atoms with Crippen molar-refractivity contribution in [2.24, 2.45) is 0 Å². The molecule has 3 rings (SSSR count). The highest BCUT2D eigenvalue weighted by atomic mass is 14.0. The highest BCUT2D eigenvalue weighted by molar-refractivity contribution is 5.63. The highest BCUT2D eigenvalue weighted by Crippen LogP contribution is 2.20. The molecular formula is C19H15. The maximum Gasteiger partial charge on any atom is -0.00258 e. The van der Waals surface area contributed by atoms with Crippen molar-refractivity contribution in [3.63, 3.8) is 0 Å². The zero-order chi connectivity index (χ0) is 12.9. The van der Waals surface area contributed by atoms with E-state index in [0.717, 1.165) is 6.42 Å². The van der Waals surface area contributed by atoms with Crippen molar-refractivity contribution in [1.29, 1.82) is 0 Å². The van der Waals surface area contributed by atoms with Gasteiger partial charge in [0.25, 0.3) is 0 Å². The van der Waals surface area contributed by atoms with Gasteiger partial charge in [-0.05, 0) is 40.8 Å². The first-order chi connectivity index (χ1) is 9.42. The Bertz CT molecular complexity index is 622. The molecule has 0 saturated heterocycles. The van der Waals surface area contributed by atoms with E-state index in [-0.39, 0.29) is 0 Å². The lowest BCUT2D eigenvalue weighted by Gasteiger charge is -2.05. The number of hydrogen-bond donors (Lipinski definition) is 0. The van der Waals surface area contributed by atoms with Gasteiger partial charge in [0.15, 0.2) is 0 Å². The van der Waals surface area contributed by atoms with E-state index in [4.69, 9.17) is 0 Å². The molecule has 0 unspecified atom stereocenters. The Hall–Kier alpha value is -2.34. The Balaban J connectivity index is 1.80. The first-order valence-electron chi connectivity index (χ1n) is 6.51. The van der Waals surface area contributed by atoms with Gasteiger partial charge in [-0.15, -0.1) is 0 Å². The molecule has 0 aliphatic heterocycles. The molecule has 0 saturated carbocycles. The summed E-state index contributed by atoms with van der Waals surface area (Å²) >= 11 is 0. The van der Waals surface area contributed by atoms with Crippen LogP contribution in [0.1, 0.15) is 11.1 Å². The van der Waals surface area contributed by atoms with E-state index < -0.39 is 0 Å². The summed E-state index contributed by atoms with van der Waals surface area (Å²) in [5.74, 6) is 0. The van der Waals surface area contributed by atoms with Crippen LogP contribution in [0, 0.1) is 6.07 Å². The Kier molecular flexibility index (Phi) is 3.42. The molecule has 0 spiro atoms. The molecule has 0 aliphatic carbocycles. The van der Waals surface area contributed by atoms with Crippen LogP contribution >= 0.6 is 0 Å². The molecule has 0 heterocycles. The van der Waals surface area contributed by atoms with Crippen LogP contribution in [0.2, 0.25) is 0 Å². The van der Waals surface area contributed by atoms with Crippen LogP contribution in [-0.2, 0) is 6.42 Å². The number of rotatable bonds is 3. The van der Waals surface area contributed by atoms with Crippen molar-refractivity contribution < 1.29 is 0 Å². The predicted octanol–water partition coefficient (Wildman–Crippen LogP) is 4.74. The molecule has 0 amide bonds. The highest BCUT2D eigenvalue weighted by Gasteiger charge is 1.98. The van der Waals surface area contributed by atoms with Crippen LogP contribution in [0.3, 0.4) is 0 Å². The lowest BCUT2D eigenvalue weighted by molar-refractivity contribution is 1.19. The first-order valence-corrected chi connectivity index (χ1v) is 6.51. The van der Waals surface area contributed by atoms with Gasteiger partial charge >= 0.3 is 0 Å². The SMILES string of the molecule is [c]1cccc(-c2ccc(Cc3ccccc3)cc2)c1. The van der Waals surface area contributed by atoms with Gasteiger partial charge in [0.05, 0.1) is 0 Å². The van der Waals surface area contributed by atoms with Crippen LogP contribution in [-0.4, -0.2) is 0 Å². The van der Waals surface area contributed by atoms with Crippen LogP contribution in [0.15, 0.2) is 78.9 Å².